The largest absolute Gasteiger partial charge is 0.298 e. The van der Waals surface area contributed by atoms with Gasteiger partial charge in [0.25, 0.3) is 0 Å². The zero-order chi connectivity index (χ0) is 11.0. The van der Waals surface area contributed by atoms with Crippen LogP contribution in [0.2, 0.25) is 0 Å². The maximum atomic E-state index is 2.73. The van der Waals surface area contributed by atoms with Crippen molar-refractivity contribution in [2.75, 3.05) is 19.6 Å². The molecule has 0 amide bonds. The topological polar surface area (TPSA) is 6.48 Å². The normalized spacial score (nSPS) is 35.8. The molecule has 2 heterocycles. The predicted octanol–water partition coefficient (Wildman–Crippen LogP) is 2.20. The van der Waals surface area contributed by atoms with E-state index >= 15 is 0 Å². The third kappa shape index (κ3) is 2.21. The minimum Gasteiger partial charge on any atom is -0.298 e. The molecule has 0 aromatic carbocycles. The zero-order valence-electron chi connectivity index (χ0n) is 10.7. The summed E-state index contributed by atoms with van der Waals surface area (Å²) >= 11 is 0. The first-order chi connectivity index (χ1) is 7.09. The molecular formula is C13H26N2. The summed E-state index contributed by atoms with van der Waals surface area (Å²) < 4.78 is 0. The Morgan fingerprint density at radius 2 is 1.87 bits per heavy atom. The van der Waals surface area contributed by atoms with Crippen molar-refractivity contribution in [3.8, 4) is 0 Å². The van der Waals surface area contributed by atoms with Gasteiger partial charge in [0, 0.05) is 31.2 Å². The molecule has 2 fully saturated rings. The first kappa shape index (κ1) is 11.4. The molecule has 0 radical (unpaired) electrons. The molecule has 0 aromatic heterocycles. The van der Waals surface area contributed by atoms with Crippen LogP contribution in [-0.4, -0.2) is 47.6 Å². The maximum absolute atomic E-state index is 2.73. The second-order valence-corrected chi connectivity index (χ2v) is 5.82. The van der Waals surface area contributed by atoms with E-state index in [1.54, 1.807) is 0 Å². The third-order valence-corrected chi connectivity index (χ3v) is 4.47. The van der Waals surface area contributed by atoms with Crippen LogP contribution < -0.4 is 0 Å². The quantitative estimate of drug-likeness (QED) is 0.689. The van der Waals surface area contributed by atoms with Gasteiger partial charge in [-0.2, -0.15) is 0 Å². The highest BCUT2D eigenvalue weighted by molar-refractivity contribution is 4.92. The van der Waals surface area contributed by atoms with Gasteiger partial charge in [-0.05, 0) is 39.2 Å². The molecule has 2 rings (SSSR count). The van der Waals surface area contributed by atoms with Gasteiger partial charge in [-0.1, -0.05) is 13.8 Å². The van der Waals surface area contributed by atoms with E-state index in [0.717, 1.165) is 24.0 Å². The van der Waals surface area contributed by atoms with Crippen molar-refractivity contribution in [1.29, 1.82) is 0 Å². The van der Waals surface area contributed by atoms with Crippen LogP contribution in [0.4, 0.5) is 0 Å². The summed E-state index contributed by atoms with van der Waals surface area (Å²) in [6.45, 7) is 13.4. The molecule has 3 atom stereocenters. The van der Waals surface area contributed by atoms with Crippen LogP contribution >= 0.6 is 0 Å². The van der Waals surface area contributed by atoms with E-state index in [0.29, 0.717) is 0 Å². The molecule has 88 valence electrons. The van der Waals surface area contributed by atoms with E-state index in [-0.39, 0.29) is 0 Å². The van der Waals surface area contributed by atoms with E-state index < -0.39 is 0 Å². The van der Waals surface area contributed by atoms with Gasteiger partial charge in [-0.15, -0.1) is 0 Å². The van der Waals surface area contributed by atoms with Crippen molar-refractivity contribution < 1.29 is 0 Å². The van der Waals surface area contributed by atoms with E-state index in [2.05, 4.69) is 37.5 Å². The van der Waals surface area contributed by atoms with Crippen LogP contribution in [0.3, 0.4) is 0 Å². The molecule has 0 saturated carbocycles. The summed E-state index contributed by atoms with van der Waals surface area (Å²) in [6.07, 6.45) is 2.84. The minimum absolute atomic E-state index is 0.739. The molecular weight excluding hydrogens is 184 g/mol. The van der Waals surface area contributed by atoms with Gasteiger partial charge in [0.2, 0.25) is 0 Å². The van der Waals surface area contributed by atoms with Gasteiger partial charge in [0.15, 0.2) is 0 Å². The van der Waals surface area contributed by atoms with E-state index in [9.17, 15) is 0 Å². The van der Waals surface area contributed by atoms with Gasteiger partial charge in [0.1, 0.15) is 0 Å². The van der Waals surface area contributed by atoms with Crippen LogP contribution in [0.1, 0.15) is 40.5 Å². The SMILES string of the molecule is CC(C)C(C)N1CC2CCCN2CC1C. The van der Waals surface area contributed by atoms with Crippen molar-refractivity contribution in [3.05, 3.63) is 0 Å². The number of piperazine rings is 1. The molecule has 0 aliphatic carbocycles. The van der Waals surface area contributed by atoms with E-state index in [1.807, 2.05) is 0 Å². The monoisotopic (exact) mass is 210 g/mol. The number of nitrogens with zero attached hydrogens (tertiary/aromatic N) is 2. The van der Waals surface area contributed by atoms with Crippen LogP contribution in [0.25, 0.3) is 0 Å². The van der Waals surface area contributed by atoms with Gasteiger partial charge in [-0.25, -0.2) is 0 Å². The molecule has 0 bridgehead atoms. The summed E-state index contributed by atoms with van der Waals surface area (Å²) in [5, 5.41) is 0. The average molecular weight is 210 g/mol. The Morgan fingerprint density at radius 1 is 1.13 bits per heavy atom. The Balaban J connectivity index is 2.00. The Kier molecular flexibility index (Phi) is 3.36. The zero-order valence-corrected chi connectivity index (χ0v) is 10.7. The first-order valence-electron chi connectivity index (χ1n) is 6.59. The Morgan fingerprint density at radius 3 is 2.53 bits per heavy atom. The van der Waals surface area contributed by atoms with Gasteiger partial charge in [0.05, 0.1) is 0 Å². The molecule has 2 aliphatic rings. The van der Waals surface area contributed by atoms with Crippen LogP contribution in [0.5, 0.6) is 0 Å². The summed E-state index contributed by atoms with van der Waals surface area (Å²) in [5.74, 6) is 0.778. The maximum Gasteiger partial charge on any atom is 0.0224 e. The molecule has 15 heavy (non-hydrogen) atoms. The highest BCUT2D eigenvalue weighted by atomic mass is 15.3. The number of fused-ring (bicyclic) bond motifs is 1. The van der Waals surface area contributed by atoms with E-state index in [1.165, 1.54) is 32.5 Å². The first-order valence-corrected chi connectivity index (χ1v) is 6.59. The standard InChI is InChI=1S/C13H26N2/c1-10(2)12(4)15-9-13-6-5-7-14(13)8-11(15)3/h10-13H,5-9H2,1-4H3. The minimum atomic E-state index is 0.739. The molecule has 0 aromatic rings. The lowest BCUT2D eigenvalue weighted by Gasteiger charge is -2.46. The lowest BCUT2D eigenvalue weighted by molar-refractivity contribution is 0.0195. The smallest absolute Gasteiger partial charge is 0.0224 e. The second-order valence-electron chi connectivity index (χ2n) is 5.82. The summed E-state index contributed by atoms with van der Waals surface area (Å²) in [5.41, 5.74) is 0. The van der Waals surface area contributed by atoms with Gasteiger partial charge >= 0.3 is 0 Å². The number of hydrogen-bond acceptors (Lipinski definition) is 2. The lowest BCUT2D eigenvalue weighted by atomic mass is 9.99. The fourth-order valence-corrected chi connectivity index (χ4v) is 3.16. The Bertz CT molecular complexity index is 215. The lowest BCUT2D eigenvalue weighted by Crippen LogP contribution is -2.58. The molecule has 2 nitrogen and oxygen atoms in total. The molecule has 0 spiro atoms. The third-order valence-electron chi connectivity index (χ3n) is 4.47. The van der Waals surface area contributed by atoms with Crippen molar-refractivity contribution >= 4 is 0 Å². The summed E-state index contributed by atoms with van der Waals surface area (Å²) in [7, 11) is 0. The average Bonchev–Trinajstić information content (AvgIpc) is 2.62. The van der Waals surface area contributed by atoms with Crippen LogP contribution in [0, 0.1) is 5.92 Å². The van der Waals surface area contributed by atoms with Crippen LogP contribution in [-0.2, 0) is 0 Å². The van der Waals surface area contributed by atoms with Crippen molar-refractivity contribution in [3.63, 3.8) is 0 Å². The summed E-state index contributed by atoms with van der Waals surface area (Å²) in [6, 6.07) is 2.35. The molecule has 3 unspecified atom stereocenters. The fraction of sp³-hybridized carbons (Fsp3) is 1.00. The van der Waals surface area contributed by atoms with Gasteiger partial charge in [-0.3, -0.25) is 9.80 Å². The Hall–Kier alpha value is -0.0800. The Labute approximate surface area is 94.6 Å². The van der Waals surface area contributed by atoms with Gasteiger partial charge < -0.3 is 0 Å². The van der Waals surface area contributed by atoms with Crippen molar-refractivity contribution in [2.45, 2.75) is 58.7 Å². The molecule has 2 heteroatoms. The molecule has 2 aliphatic heterocycles. The number of rotatable bonds is 2. The highest BCUT2D eigenvalue weighted by Crippen LogP contribution is 2.27. The van der Waals surface area contributed by atoms with Crippen LogP contribution in [0.15, 0.2) is 0 Å². The molecule has 0 N–H and O–H groups in total. The fourth-order valence-electron chi connectivity index (χ4n) is 3.16. The summed E-state index contributed by atoms with van der Waals surface area (Å²) in [4.78, 5) is 5.44. The highest BCUT2D eigenvalue weighted by Gasteiger charge is 2.36. The van der Waals surface area contributed by atoms with Crippen molar-refractivity contribution in [1.82, 2.24) is 9.80 Å². The predicted molar refractivity (Wildman–Crippen MR) is 65.1 cm³/mol. The number of hydrogen-bond donors (Lipinski definition) is 0. The van der Waals surface area contributed by atoms with E-state index in [4.69, 9.17) is 0 Å². The second kappa shape index (κ2) is 4.42. The van der Waals surface area contributed by atoms with Crippen molar-refractivity contribution in [2.24, 2.45) is 5.92 Å². The molecule has 2 saturated heterocycles.